The molecule has 0 N–H and O–H groups in total. The minimum absolute atomic E-state index is 0.0740. The Hall–Kier alpha value is -2.25. The van der Waals surface area contributed by atoms with E-state index in [1.165, 1.54) is 0 Å². The lowest BCUT2D eigenvalue weighted by atomic mass is 10.1. The highest BCUT2D eigenvalue weighted by Crippen LogP contribution is 2.35. The van der Waals surface area contributed by atoms with E-state index in [1.54, 1.807) is 22.5 Å². The van der Waals surface area contributed by atoms with Gasteiger partial charge < -0.3 is 14.4 Å². The van der Waals surface area contributed by atoms with Crippen LogP contribution in [-0.4, -0.2) is 44.7 Å². The fraction of sp³-hybridized carbons (Fsp3) is 0.368. The lowest BCUT2D eigenvalue weighted by Gasteiger charge is -2.45. The Bertz CT molecular complexity index is 889. The monoisotopic (exact) mass is 374 g/mol. The van der Waals surface area contributed by atoms with Gasteiger partial charge in [-0.15, -0.1) is 0 Å². The van der Waals surface area contributed by atoms with Crippen molar-refractivity contribution in [3.8, 4) is 11.5 Å². The highest BCUT2D eigenvalue weighted by Gasteiger charge is 2.36. The zero-order valence-electron chi connectivity index (χ0n) is 14.8. The third-order valence-electron chi connectivity index (χ3n) is 4.92. The van der Waals surface area contributed by atoms with Gasteiger partial charge in [-0.1, -0.05) is 18.2 Å². The molecule has 0 radical (unpaired) electrons. The average Bonchev–Trinajstić information content (AvgIpc) is 3.09. The smallest absolute Gasteiger partial charge is 0.243 e. The van der Waals surface area contributed by atoms with Gasteiger partial charge in [-0.2, -0.15) is 4.31 Å². The molecule has 1 saturated heterocycles. The van der Waals surface area contributed by atoms with Crippen LogP contribution in [0.15, 0.2) is 53.4 Å². The highest BCUT2D eigenvalue weighted by atomic mass is 32.2. The molecule has 0 aromatic heterocycles. The SMILES string of the molecule is CC1CN(S(=O)(=O)c2ccc3c(c2)OCO3)CC(C)N1c1ccccc1. The fourth-order valence-corrected chi connectivity index (χ4v) is 5.38. The van der Waals surface area contributed by atoms with Gasteiger partial charge in [0.2, 0.25) is 16.8 Å². The number of nitrogens with zero attached hydrogens (tertiary/aromatic N) is 2. The molecule has 0 saturated carbocycles. The topological polar surface area (TPSA) is 59.1 Å². The first-order valence-corrected chi connectivity index (χ1v) is 10.1. The van der Waals surface area contributed by atoms with Gasteiger partial charge in [0.05, 0.1) is 4.90 Å². The van der Waals surface area contributed by atoms with Gasteiger partial charge in [0.15, 0.2) is 11.5 Å². The van der Waals surface area contributed by atoms with Crippen molar-refractivity contribution in [3.63, 3.8) is 0 Å². The number of fused-ring (bicyclic) bond motifs is 1. The minimum atomic E-state index is -3.58. The van der Waals surface area contributed by atoms with Crippen LogP contribution in [0.1, 0.15) is 13.8 Å². The highest BCUT2D eigenvalue weighted by molar-refractivity contribution is 7.89. The van der Waals surface area contributed by atoms with E-state index >= 15 is 0 Å². The molecule has 26 heavy (non-hydrogen) atoms. The first-order chi connectivity index (χ1) is 12.5. The summed E-state index contributed by atoms with van der Waals surface area (Å²) in [7, 11) is -3.58. The zero-order valence-corrected chi connectivity index (χ0v) is 15.6. The molecule has 2 aromatic rings. The lowest BCUT2D eigenvalue weighted by Crippen LogP contribution is -2.58. The predicted octanol–water partition coefficient (Wildman–Crippen LogP) is 2.70. The largest absolute Gasteiger partial charge is 0.454 e. The van der Waals surface area contributed by atoms with E-state index in [0.29, 0.717) is 24.6 Å². The Kier molecular flexibility index (Phi) is 4.28. The second kappa shape index (κ2) is 6.48. The Balaban J connectivity index is 1.59. The van der Waals surface area contributed by atoms with E-state index in [-0.39, 0.29) is 23.8 Å². The number of para-hydroxylation sites is 1. The molecule has 0 spiro atoms. The molecular weight excluding hydrogens is 352 g/mol. The van der Waals surface area contributed by atoms with E-state index in [1.807, 2.05) is 18.2 Å². The zero-order chi connectivity index (χ0) is 18.3. The number of hydrogen-bond acceptors (Lipinski definition) is 5. The molecule has 6 nitrogen and oxygen atoms in total. The van der Waals surface area contributed by atoms with Crippen molar-refractivity contribution in [1.29, 1.82) is 0 Å². The Labute approximate surface area is 154 Å². The molecule has 1 fully saturated rings. The Morgan fingerprint density at radius 3 is 2.27 bits per heavy atom. The van der Waals surface area contributed by atoms with Crippen LogP contribution in [0.3, 0.4) is 0 Å². The van der Waals surface area contributed by atoms with E-state index in [9.17, 15) is 8.42 Å². The maximum absolute atomic E-state index is 13.1. The lowest BCUT2D eigenvalue weighted by molar-refractivity contribution is 0.174. The number of anilines is 1. The maximum atomic E-state index is 13.1. The molecule has 0 amide bonds. The van der Waals surface area contributed by atoms with Crippen LogP contribution in [0, 0.1) is 0 Å². The van der Waals surface area contributed by atoms with Gasteiger partial charge in [0, 0.05) is 36.9 Å². The Morgan fingerprint density at radius 2 is 1.58 bits per heavy atom. The number of rotatable bonds is 3. The predicted molar refractivity (Wildman–Crippen MR) is 99.2 cm³/mol. The van der Waals surface area contributed by atoms with Crippen LogP contribution in [0.25, 0.3) is 0 Å². The summed E-state index contributed by atoms with van der Waals surface area (Å²) < 4.78 is 38.4. The van der Waals surface area contributed by atoms with E-state index in [0.717, 1.165) is 5.69 Å². The van der Waals surface area contributed by atoms with Crippen molar-refractivity contribution >= 4 is 15.7 Å². The molecule has 2 atom stereocenters. The van der Waals surface area contributed by atoms with Gasteiger partial charge in [-0.3, -0.25) is 0 Å². The third kappa shape index (κ3) is 2.91. The summed E-state index contributed by atoms with van der Waals surface area (Å²) in [6.45, 7) is 5.13. The van der Waals surface area contributed by atoms with E-state index in [4.69, 9.17) is 9.47 Å². The van der Waals surface area contributed by atoms with Crippen LogP contribution in [0.4, 0.5) is 5.69 Å². The first-order valence-electron chi connectivity index (χ1n) is 8.70. The Morgan fingerprint density at radius 1 is 0.923 bits per heavy atom. The molecule has 4 rings (SSSR count). The van der Waals surface area contributed by atoms with Crippen molar-refractivity contribution in [2.75, 3.05) is 24.8 Å². The van der Waals surface area contributed by atoms with Crippen molar-refractivity contribution in [2.45, 2.75) is 30.8 Å². The van der Waals surface area contributed by atoms with Crippen LogP contribution in [0.2, 0.25) is 0 Å². The van der Waals surface area contributed by atoms with Gasteiger partial charge in [-0.05, 0) is 38.1 Å². The number of piperazine rings is 1. The second-order valence-corrected chi connectivity index (χ2v) is 8.72. The molecule has 2 heterocycles. The molecule has 2 unspecified atom stereocenters. The maximum Gasteiger partial charge on any atom is 0.243 e. The van der Waals surface area contributed by atoms with E-state index in [2.05, 4.69) is 30.9 Å². The molecule has 2 aliphatic heterocycles. The number of hydrogen-bond donors (Lipinski definition) is 0. The summed E-state index contributed by atoms with van der Waals surface area (Å²) in [4.78, 5) is 2.53. The number of sulfonamides is 1. The molecule has 2 aliphatic rings. The molecule has 0 aliphatic carbocycles. The number of ether oxygens (including phenoxy) is 2. The molecule has 2 aromatic carbocycles. The summed E-state index contributed by atoms with van der Waals surface area (Å²) in [6.07, 6.45) is 0. The summed E-state index contributed by atoms with van der Waals surface area (Å²) >= 11 is 0. The molecular formula is C19H22N2O4S. The van der Waals surface area contributed by atoms with Crippen LogP contribution >= 0.6 is 0 Å². The number of benzene rings is 2. The molecule has 138 valence electrons. The quantitative estimate of drug-likeness (QED) is 0.827. The van der Waals surface area contributed by atoms with Crippen LogP contribution in [0.5, 0.6) is 11.5 Å². The van der Waals surface area contributed by atoms with Crippen molar-refractivity contribution in [2.24, 2.45) is 0 Å². The van der Waals surface area contributed by atoms with Gasteiger partial charge in [0.25, 0.3) is 0 Å². The van der Waals surface area contributed by atoms with Gasteiger partial charge in [0.1, 0.15) is 0 Å². The fourth-order valence-electron chi connectivity index (χ4n) is 3.77. The third-order valence-corrected chi connectivity index (χ3v) is 6.75. The second-order valence-electron chi connectivity index (χ2n) is 6.78. The first kappa shape index (κ1) is 17.2. The van der Waals surface area contributed by atoms with Crippen molar-refractivity contribution in [1.82, 2.24) is 4.31 Å². The van der Waals surface area contributed by atoms with E-state index < -0.39 is 10.0 Å². The van der Waals surface area contributed by atoms with Crippen LogP contribution in [-0.2, 0) is 10.0 Å². The standard InChI is InChI=1S/C19H22N2O4S/c1-14-11-20(12-15(2)21(14)16-6-4-3-5-7-16)26(22,23)17-8-9-18-19(10-17)25-13-24-18/h3-10,14-15H,11-13H2,1-2H3. The molecule has 0 bridgehead atoms. The van der Waals surface area contributed by atoms with Gasteiger partial charge in [-0.25, -0.2) is 8.42 Å². The normalized spacial score (nSPS) is 23.2. The van der Waals surface area contributed by atoms with Crippen molar-refractivity contribution < 1.29 is 17.9 Å². The summed E-state index contributed by atoms with van der Waals surface area (Å²) in [5.41, 5.74) is 1.12. The minimum Gasteiger partial charge on any atom is -0.454 e. The average molecular weight is 374 g/mol. The summed E-state index contributed by atoms with van der Waals surface area (Å²) in [5, 5.41) is 0. The van der Waals surface area contributed by atoms with Crippen LogP contribution < -0.4 is 14.4 Å². The van der Waals surface area contributed by atoms with Crippen molar-refractivity contribution in [3.05, 3.63) is 48.5 Å². The molecule has 7 heteroatoms. The summed E-state index contributed by atoms with van der Waals surface area (Å²) in [6, 6.07) is 15.1. The van der Waals surface area contributed by atoms with Gasteiger partial charge >= 0.3 is 0 Å². The summed E-state index contributed by atoms with van der Waals surface area (Å²) in [5.74, 6) is 1.06.